The van der Waals surface area contributed by atoms with Crippen molar-refractivity contribution in [2.24, 2.45) is 5.92 Å². The Labute approximate surface area is 150 Å². The minimum absolute atomic E-state index is 0.164. The molecule has 3 heteroatoms. The van der Waals surface area contributed by atoms with Crippen LogP contribution in [0.5, 0.6) is 5.75 Å². The highest BCUT2D eigenvalue weighted by Gasteiger charge is 2.26. The topological polar surface area (TPSA) is 43.4 Å². The lowest BCUT2D eigenvalue weighted by atomic mass is 9.91. The largest absolute Gasteiger partial charge is 0.493 e. The van der Waals surface area contributed by atoms with E-state index in [-0.39, 0.29) is 11.6 Å². The highest BCUT2D eigenvalue weighted by Crippen LogP contribution is 2.23. The average molecular weight is 338 g/mol. The lowest BCUT2D eigenvalue weighted by Crippen LogP contribution is -2.22. The first-order valence-corrected chi connectivity index (χ1v) is 9.00. The summed E-state index contributed by atoms with van der Waals surface area (Å²) in [5.41, 5.74) is 1.04. The van der Waals surface area contributed by atoms with E-state index in [0.29, 0.717) is 23.5 Å². The van der Waals surface area contributed by atoms with Crippen LogP contribution in [0.15, 0.2) is 54.6 Å². The summed E-state index contributed by atoms with van der Waals surface area (Å²) in [6.07, 6.45) is 4.45. The van der Waals surface area contributed by atoms with E-state index >= 15 is 0 Å². The Hall–Kier alpha value is -2.42. The third-order valence-electron chi connectivity index (χ3n) is 4.25. The molecule has 1 atom stereocenters. The number of hydrogen-bond acceptors (Lipinski definition) is 3. The molecule has 3 nitrogen and oxygen atoms in total. The van der Waals surface area contributed by atoms with Crippen molar-refractivity contribution >= 4 is 11.6 Å². The van der Waals surface area contributed by atoms with Gasteiger partial charge in [0.25, 0.3) is 0 Å². The Bertz CT molecular complexity index is 691. The maximum atomic E-state index is 12.8. The number of Topliss-reactive ketones (excluding diaryl/α,β-unsaturated/α-hetero) is 2. The van der Waals surface area contributed by atoms with Crippen molar-refractivity contribution < 1.29 is 14.3 Å². The van der Waals surface area contributed by atoms with Crippen molar-refractivity contribution in [1.29, 1.82) is 0 Å². The zero-order valence-corrected chi connectivity index (χ0v) is 15.0. The normalized spacial score (nSPS) is 11.8. The lowest BCUT2D eigenvalue weighted by molar-refractivity contribution is 0.0818. The molecule has 0 aromatic heterocycles. The van der Waals surface area contributed by atoms with Crippen molar-refractivity contribution in [3.63, 3.8) is 0 Å². The monoisotopic (exact) mass is 338 g/mol. The standard InChI is InChI=1S/C22H26O3/c1-3-4-5-11-16-25-20-15-10-9-14-19(20)22(24)17(2)21(23)18-12-7-6-8-13-18/h6-10,12-15,17H,3-5,11,16H2,1-2H3. The van der Waals surface area contributed by atoms with E-state index in [1.807, 2.05) is 12.1 Å². The van der Waals surface area contributed by atoms with Gasteiger partial charge in [-0.1, -0.05) is 68.7 Å². The molecule has 0 saturated carbocycles. The Morgan fingerprint density at radius 1 is 0.880 bits per heavy atom. The van der Waals surface area contributed by atoms with Gasteiger partial charge in [-0.3, -0.25) is 9.59 Å². The first-order valence-electron chi connectivity index (χ1n) is 9.00. The van der Waals surface area contributed by atoms with E-state index in [9.17, 15) is 9.59 Å². The highest BCUT2D eigenvalue weighted by molar-refractivity contribution is 6.16. The molecular weight excluding hydrogens is 312 g/mol. The second kappa shape index (κ2) is 9.77. The maximum Gasteiger partial charge on any atom is 0.177 e. The Kier molecular flexibility index (Phi) is 7.39. The van der Waals surface area contributed by atoms with Crippen LogP contribution in [-0.2, 0) is 0 Å². The van der Waals surface area contributed by atoms with Crippen molar-refractivity contribution in [2.75, 3.05) is 6.61 Å². The average Bonchev–Trinajstić information content (AvgIpc) is 2.67. The molecule has 0 heterocycles. The minimum atomic E-state index is -0.729. The van der Waals surface area contributed by atoms with Crippen molar-refractivity contribution in [3.05, 3.63) is 65.7 Å². The smallest absolute Gasteiger partial charge is 0.177 e. The van der Waals surface area contributed by atoms with Crippen LogP contribution >= 0.6 is 0 Å². The molecule has 0 amide bonds. The molecule has 25 heavy (non-hydrogen) atoms. The Balaban J connectivity index is 2.07. The van der Waals surface area contributed by atoms with Crippen LogP contribution in [0.2, 0.25) is 0 Å². The third kappa shape index (κ3) is 5.28. The molecule has 0 fully saturated rings. The fraction of sp³-hybridized carbons (Fsp3) is 0.364. The van der Waals surface area contributed by atoms with E-state index < -0.39 is 5.92 Å². The van der Waals surface area contributed by atoms with Gasteiger partial charge in [-0.05, 0) is 25.5 Å². The van der Waals surface area contributed by atoms with Crippen molar-refractivity contribution in [1.82, 2.24) is 0 Å². The number of benzene rings is 2. The van der Waals surface area contributed by atoms with Gasteiger partial charge in [0, 0.05) is 5.56 Å². The van der Waals surface area contributed by atoms with E-state index in [4.69, 9.17) is 4.74 Å². The molecule has 2 aromatic rings. The van der Waals surface area contributed by atoms with Crippen LogP contribution in [0.4, 0.5) is 0 Å². The van der Waals surface area contributed by atoms with Crippen molar-refractivity contribution in [2.45, 2.75) is 39.5 Å². The van der Waals surface area contributed by atoms with Crippen LogP contribution in [0.1, 0.15) is 60.2 Å². The third-order valence-corrected chi connectivity index (χ3v) is 4.25. The number of rotatable bonds is 10. The number of ether oxygens (including phenoxy) is 1. The van der Waals surface area contributed by atoms with Crippen LogP contribution in [0.3, 0.4) is 0 Å². The number of hydrogen-bond donors (Lipinski definition) is 0. The number of unbranched alkanes of at least 4 members (excludes halogenated alkanes) is 3. The minimum Gasteiger partial charge on any atom is -0.493 e. The summed E-state index contributed by atoms with van der Waals surface area (Å²) in [5.74, 6) is -0.523. The van der Waals surface area contributed by atoms with Gasteiger partial charge in [-0.2, -0.15) is 0 Å². The molecule has 0 spiro atoms. The van der Waals surface area contributed by atoms with Gasteiger partial charge < -0.3 is 4.74 Å². The number of para-hydroxylation sites is 1. The SMILES string of the molecule is CCCCCCOc1ccccc1C(=O)C(C)C(=O)c1ccccc1. The summed E-state index contributed by atoms with van der Waals surface area (Å²) in [7, 11) is 0. The molecule has 0 aliphatic carbocycles. The maximum absolute atomic E-state index is 12.8. The molecule has 1 unspecified atom stereocenters. The van der Waals surface area contributed by atoms with E-state index in [1.165, 1.54) is 12.8 Å². The zero-order chi connectivity index (χ0) is 18.1. The predicted octanol–water partition coefficient (Wildman–Crippen LogP) is 5.35. The Morgan fingerprint density at radius 2 is 1.56 bits per heavy atom. The van der Waals surface area contributed by atoms with Gasteiger partial charge >= 0.3 is 0 Å². The van der Waals surface area contributed by atoms with E-state index in [2.05, 4.69) is 6.92 Å². The van der Waals surface area contributed by atoms with Crippen LogP contribution in [-0.4, -0.2) is 18.2 Å². The zero-order valence-electron chi connectivity index (χ0n) is 15.0. The van der Waals surface area contributed by atoms with Crippen LogP contribution in [0.25, 0.3) is 0 Å². The molecule has 0 aliphatic heterocycles. The van der Waals surface area contributed by atoms with Crippen molar-refractivity contribution in [3.8, 4) is 5.75 Å². The predicted molar refractivity (Wildman–Crippen MR) is 100 cm³/mol. The number of carbonyl (C=O) groups excluding carboxylic acids is 2. The summed E-state index contributed by atoms with van der Waals surface area (Å²) >= 11 is 0. The van der Waals surface area contributed by atoms with Gasteiger partial charge in [0.05, 0.1) is 18.1 Å². The molecular formula is C22H26O3. The summed E-state index contributed by atoms with van der Waals surface area (Å²) in [5, 5.41) is 0. The number of carbonyl (C=O) groups is 2. The van der Waals surface area contributed by atoms with Gasteiger partial charge in [0.15, 0.2) is 11.6 Å². The highest BCUT2D eigenvalue weighted by atomic mass is 16.5. The van der Waals surface area contributed by atoms with Gasteiger partial charge in [0.1, 0.15) is 5.75 Å². The van der Waals surface area contributed by atoms with E-state index in [1.54, 1.807) is 49.4 Å². The fourth-order valence-electron chi connectivity index (χ4n) is 2.71. The summed E-state index contributed by atoms with van der Waals surface area (Å²) in [6.45, 7) is 4.42. The summed E-state index contributed by atoms with van der Waals surface area (Å²) in [4.78, 5) is 25.4. The van der Waals surface area contributed by atoms with Gasteiger partial charge in [0.2, 0.25) is 0 Å². The van der Waals surface area contributed by atoms with Crippen LogP contribution < -0.4 is 4.74 Å². The van der Waals surface area contributed by atoms with Gasteiger partial charge in [-0.15, -0.1) is 0 Å². The molecule has 0 bridgehead atoms. The number of ketones is 2. The Morgan fingerprint density at radius 3 is 2.28 bits per heavy atom. The molecule has 2 aromatic carbocycles. The lowest BCUT2D eigenvalue weighted by Gasteiger charge is -2.14. The van der Waals surface area contributed by atoms with E-state index in [0.717, 1.165) is 12.8 Å². The summed E-state index contributed by atoms with van der Waals surface area (Å²) in [6, 6.07) is 16.1. The van der Waals surface area contributed by atoms with Crippen LogP contribution in [0, 0.1) is 5.92 Å². The second-order valence-corrected chi connectivity index (χ2v) is 6.22. The second-order valence-electron chi connectivity index (χ2n) is 6.22. The fourth-order valence-corrected chi connectivity index (χ4v) is 2.71. The van der Waals surface area contributed by atoms with Gasteiger partial charge in [-0.25, -0.2) is 0 Å². The molecule has 132 valence electrons. The summed E-state index contributed by atoms with van der Waals surface area (Å²) < 4.78 is 5.81. The molecule has 0 N–H and O–H groups in total. The molecule has 0 radical (unpaired) electrons. The molecule has 0 saturated heterocycles. The quantitative estimate of drug-likeness (QED) is 0.333. The first kappa shape index (κ1) is 18.9. The molecule has 0 aliphatic rings. The molecule has 2 rings (SSSR count). The first-order chi connectivity index (χ1) is 12.1.